The molecule has 0 aliphatic heterocycles. The summed E-state index contributed by atoms with van der Waals surface area (Å²) in [6.45, 7) is 0. The number of amides is 1. The standard InChI is InChI=1S/C7H5BrF2N2O/c8-4-2-1-3(7(11)13)5(12-4)6(9)10/h1-2,6H,(H2,11,13). The molecule has 2 N–H and O–H groups in total. The number of pyridine rings is 1. The molecule has 0 bridgehead atoms. The van der Waals surface area contributed by atoms with Crippen molar-refractivity contribution in [2.75, 3.05) is 0 Å². The Morgan fingerprint density at radius 2 is 2.15 bits per heavy atom. The molecule has 0 saturated carbocycles. The van der Waals surface area contributed by atoms with E-state index in [1.165, 1.54) is 12.1 Å². The Hall–Kier alpha value is -1.04. The van der Waals surface area contributed by atoms with Crippen molar-refractivity contribution >= 4 is 21.8 Å². The number of hydrogen-bond acceptors (Lipinski definition) is 2. The third-order valence-corrected chi connectivity index (χ3v) is 1.80. The summed E-state index contributed by atoms with van der Waals surface area (Å²) in [5.74, 6) is -0.907. The minimum atomic E-state index is -2.81. The first-order valence-corrected chi connectivity index (χ1v) is 4.06. The fourth-order valence-corrected chi connectivity index (χ4v) is 1.15. The molecule has 0 atom stereocenters. The number of alkyl halides is 2. The zero-order valence-electron chi connectivity index (χ0n) is 6.30. The van der Waals surface area contributed by atoms with Gasteiger partial charge < -0.3 is 5.73 Å². The van der Waals surface area contributed by atoms with Gasteiger partial charge in [0.1, 0.15) is 10.3 Å². The van der Waals surface area contributed by atoms with E-state index in [4.69, 9.17) is 5.73 Å². The van der Waals surface area contributed by atoms with Gasteiger partial charge in [-0.1, -0.05) is 0 Å². The second kappa shape index (κ2) is 3.78. The van der Waals surface area contributed by atoms with Crippen LogP contribution in [0.2, 0.25) is 0 Å². The molecule has 0 aliphatic carbocycles. The Labute approximate surface area is 81.1 Å². The van der Waals surface area contributed by atoms with Crippen LogP contribution in [0.5, 0.6) is 0 Å². The predicted molar refractivity (Wildman–Crippen MR) is 45.4 cm³/mol. The maximum Gasteiger partial charge on any atom is 0.281 e. The molecule has 0 saturated heterocycles. The van der Waals surface area contributed by atoms with Crippen LogP contribution in [0.1, 0.15) is 22.5 Å². The van der Waals surface area contributed by atoms with E-state index in [2.05, 4.69) is 20.9 Å². The van der Waals surface area contributed by atoms with Gasteiger partial charge in [-0.15, -0.1) is 0 Å². The van der Waals surface area contributed by atoms with Gasteiger partial charge in [-0.25, -0.2) is 13.8 Å². The van der Waals surface area contributed by atoms with Gasteiger partial charge in [0.2, 0.25) is 0 Å². The summed E-state index contributed by atoms with van der Waals surface area (Å²) in [4.78, 5) is 14.1. The summed E-state index contributed by atoms with van der Waals surface area (Å²) in [6.07, 6.45) is -2.81. The van der Waals surface area contributed by atoms with E-state index in [1.807, 2.05) is 0 Å². The van der Waals surface area contributed by atoms with Crippen molar-refractivity contribution in [3.8, 4) is 0 Å². The molecule has 1 heterocycles. The molecule has 6 heteroatoms. The zero-order chi connectivity index (χ0) is 10.0. The zero-order valence-corrected chi connectivity index (χ0v) is 7.88. The van der Waals surface area contributed by atoms with E-state index < -0.39 is 18.0 Å². The second-order valence-electron chi connectivity index (χ2n) is 2.23. The van der Waals surface area contributed by atoms with Crippen LogP contribution in [0.15, 0.2) is 16.7 Å². The molecule has 13 heavy (non-hydrogen) atoms. The molecule has 1 aromatic rings. The lowest BCUT2D eigenvalue weighted by molar-refractivity contribution is 0.0983. The molecule has 0 fully saturated rings. The fourth-order valence-electron chi connectivity index (χ4n) is 0.825. The highest BCUT2D eigenvalue weighted by atomic mass is 79.9. The Bertz CT molecular complexity index is 343. The third kappa shape index (κ3) is 2.21. The lowest BCUT2D eigenvalue weighted by atomic mass is 10.2. The number of nitrogens with zero attached hydrogens (tertiary/aromatic N) is 1. The minimum absolute atomic E-state index is 0.243. The van der Waals surface area contributed by atoms with Gasteiger partial charge in [-0.2, -0.15) is 0 Å². The summed E-state index contributed by atoms with van der Waals surface area (Å²) < 4.78 is 24.8. The van der Waals surface area contributed by atoms with Crippen molar-refractivity contribution in [2.45, 2.75) is 6.43 Å². The first kappa shape index (κ1) is 10.0. The lowest BCUT2D eigenvalue weighted by Crippen LogP contribution is -2.15. The fraction of sp³-hybridized carbons (Fsp3) is 0.143. The highest BCUT2D eigenvalue weighted by Gasteiger charge is 2.18. The molecule has 3 nitrogen and oxygen atoms in total. The monoisotopic (exact) mass is 250 g/mol. The lowest BCUT2D eigenvalue weighted by Gasteiger charge is -2.04. The van der Waals surface area contributed by atoms with Gasteiger partial charge in [0.15, 0.2) is 0 Å². The Morgan fingerprint density at radius 3 is 2.62 bits per heavy atom. The molecular formula is C7H5BrF2N2O. The van der Waals surface area contributed by atoms with Crippen LogP contribution < -0.4 is 5.73 Å². The maximum absolute atomic E-state index is 12.3. The predicted octanol–water partition coefficient (Wildman–Crippen LogP) is 1.88. The van der Waals surface area contributed by atoms with Crippen molar-refractivity contribution in [2.24, 2.45) is 5.73 Å². The van der Waals surface area contributed by atoms with Crippen LogP contribution in [-0.2, 0) is 0 Å². The van der Waals surface area contributed by atoms with E-state index in [0.717, 1.165) is 0 Å². The van der Waals surface area contributed by atoms with E-state index in [9.17, 15) is 13.6 Å². The van der Waals surface area contributed by atoms with Crippen LogP contribution in [0.25, 0.3) is 0 Å². The average molecular weight is 251 g/mol. The van der Waals surface area contributed by atoms with Crippen LogP contribution >= 0.6 is 15.9 Å². The summed E-state index contributed by atoms with van der Waals surface area (Å²) in [5, 5.41) is 0. The van der Waals surface area contributed by atoms with Gasteiger partial charge in [0.25, 0.3) is 12.3 Å². The number of aromatic nitrogens is 1. The van der Waals surface area contributed by atoms with Crippen LogP contribution in [0, 0.1) is 0 Å². The van der Waals surface area contributed by atoms with E-state index in [-0.39, 0.29) is 10.2 Å². The van der Waals surface area contributed by atoms with E-state index in [0.29, 0.717) is 0 Å². The summed E-state index contributed by atoms with van der Waals surface area (Å²) in [6, 6.07) is 2.59. The Balaban J connectivity index is 3.26. The van der Waals surface area contributed by atoms with E-state index in [1.54, 1.807) is 0 Å². The SMILES string of the molecule is NC(=O)c1ccc(Br)nc1C(F)F. The number of carbonyl (C=O) groups is 1. The molecule has 1 aromatic heterocycles. The van der Waals surface area contributed by atoms with Gasteiger partial charge in [-0.05, 0) is 28.1 Å². The third-order valence-electron chi connectivity index (χ3n) is 1.36. The van der Waals surface area contributed by atoms with Crippen molar-refractivity contribution in [3.05, 3.63) is 28.0 Å². The van der Waals surface area contributed by atoms with Crippen LogP contribution in [0.3, 0.4) is 0 Å². The van der Waals surface area contributed by atoms with Gasteiger partial charge in [0, 0.05) is 0 Å². The first-order valence-electron chi connectivity index (χ1n) is 3.26. The number of primary amides is 1. The summed E-state index contributed by atoms with van der Waals surface area (Å²) in [7, 11) is 0. The molecule has 0 aromatic carbocycles. The molecule has 0 spiro atoms. The van der Waals surface area contributed by atoms with Gasteiger partial charge >= 0.3 is 0 Å². The Morgan fingerprint density at radius 1 is 1.54 bits per heavy atom. The van der Waals surface area contributed by atoms with Gasteiger partial charge in [-0.3, -0.25) is 4.79 Å². The first-order chi connectivity index (χ1) is 6.02. The number of nitrogens with two attached hydrogens (primary N) is 1. The smallest absolute Gasteiger partial charge is 0.281 e. The van der Waals surface area contributed by atoms with Crippen molar-refractivity contribution in [1.29, 1.82) is 0 Å². The van der Waals surface area contributed by atoms with Gasteiger partial charge in [0.05, 0.1) is 5.56 Å². The number of halogens is 3. The highest BCUT2D eigenvalue weighted by molar-refractivity contribution is 9.10. The molecule has 70 valence electrons. The highest BCUT2D eigenvalue weighted by Crippen LogP contribution is 2.22. The normalized spacial score (nSPS) is 10.5. The molecule has 0 unspecified atom stereocenters. The maximum atomic E-state index is 12.3. The second-order valence-corrected chi connectivity index (χ2v) is 3.04. The largest absolute Gasteiger partial charge is 0.366 e. The molecular weight excluding hydrogens is 246 g/mol. The summed E-state index contributed by atoms with van der Waals surface area (Å²) >= 11 is 2.92. The minimum Gasteiger partial charge on any atom is -0.366 e. The topological polar surface area (TPSA) is 56.0 Å². The van der Waals surface area contributed by atoms with Crippen LogP contribution in [-0.4, -0.2) is 10.9 Å². The average Bonchev–Trinajstić information content (AvgIpc) is 2.03. The molecule has 0 radical (unpaired) electrons. The van der Waals surface area contributed by atoms with Crippen LogP contribution in [0.4, 0.5) is 8.78 Å². The van der Waals surface area contributed by atoms with Crippen molar-refractivity contribution in [3.63, 3.8) is 0 Å². The van der Waals surface area contributed by atoms with Crippen molar-refractivity contribution < 1.29 is 13.6 Å². The molecule has 0 aliphatic rings. The van der Waals surface area contributed by atoms with Crippen molar-refractivity contribution in [1.82, 2.24) is 4.98 Å². The molecule has 1 amide bonds. The number of carbonyl (C=O) groups excluding carboxylic acids is 1. The number of hydrogen-bond donors (Lipinski definition) is 1. The molecule has 1 rings (SSSR count). The number of rotatable bonds is 2. The quantitative estimate of drug-likeness (QED) is 0.816. The Kier molecular flexibility index (Phi) is 2.92. The van der Waals surface area contributed by atoms with E-state index >= 15 is 0 Å². The summed E-state index contributed by atoms with van der Waals surface area (Å²) in [5.41, 5.74) is 4.03.